The van der Waals surface area contributed by atoms with E-state index in [1.807, 2.05) is 0 Å². The molecule has 1 N–H and O–H groups in total. The number of aromatic amines is 1. The Labute approximate surface area is 134 Å². The molecule has 0 saturated heterocycles. The van der Waals surface area contributed by atoms with Crippen LogP contribution in [0.3, 0.4) is 0 Å². The van der Waals surface area contributed by atoms with Crippen molar-refractivity contribution in [3.05, 3.63) is 58.8 Å². The Morgan fingerprint density at radius 2 is 1.96 bits per heavy atom. The van der Waals surface area contributed by atoms with E-state index in [2.05, 4.69) is 10.1 Å². The molecule has 3 heterocycles. The monoisotopic (exact) mass is 323 g/mol. The first kappa shape index (κ1) is 13.1. The number of ether oxygens (including phenoxy) is 2. The third-order valence-corrected chi connectivity index (χ3v) is 4.10. The van der Waals surface area contributed by atoms with Gasteiger partial charge in [-0.1, -0.05) is 0 Å². The Balaban J connectivity index is 1.80. The highest BCUT2D eigenvalue weighted by molar-refractivity contribution is 6.02. The summed E-state index contributed by atoms with van der Waals surface area (Å²) in [6.07, 6.45) is 1.50. The van der Waals surface area contributed by atoms with Gasteiger partial charge in [0.25, 0.3) is 5.56 Å². The minimum atomic E-state index is -0.381. The minimum Gasteiger partial charge on any atom is -0.454 e. The first-order valence-corrected chi connectivity index (χ1v) is 7.30. The standard InChI is InChI=1S/C17H10FN3O3/c18-9-1-3-13-11(5-9)16-12(7-19-13)17(22)21(20-16)10-2-4-14-15(6-10)24-8-23-14/h1-7,20H,8H2. The van der Waals surface area contributed by atoms with Crippen LogP contribution in [0.2, 0.25) is 0 Å². The Kier molecular flexibility index (Phi) is 2.50. The third-order valence-electron chi connectivity index (χ3n) is 4.10. The fraction of sp³-hybridized carbons (Fsp3) is 0.0588. The maximum Gasteiger partial charge on any atom is 0.280 e. The van der Waals surface area contributed by atoms with Crippen molar-refractivity contribution >= 4 is 21.8 Å². The number of H-pyrrole nitrogens is 1. The molecule has 0 spiro atoms. The molecule has 0 atom stereocenters. The number of nitrogens with zero attached hydrogens (tertiary/aromatic N) is 2. The summed E-state index contributed by atoms with van der Waals surface area (Å²) >= 11 is 0. The molecule has 0 saturated carbocycles. The quantitative estimate of drug-likeness (QED) is 0.585. The third kappa shape index (κ3) is 1.75. The zero-order valence-electron chi connectivity index (χ0n) is 12.2. The predicted molar refractivity (Wildman–Crippen MR) is 85.3 cm³/mol. The van der Waals surface area contributed by atoms with Gasteiger partial charge < -0.3 is 9.47 Å². The van der Waals surface area contributed by atoms with Crippen LogP contribution < -0.4 is 15.0 Å². The minimum absolute atomic E-state index is 0.161. The van der Waals surface area contributed by atoms with Crippen molar-refractivity contribution in [2.45, 2.75) is 0 Å². The lowest BCUT2D eigenvalue weighted by atomic mass is 10.2. The zero-order valence-corrected chi connectivity index (χ0v) is 12.2. The lowest BCUT2D eigenvalue weighted by molar-refractivity contribution is 0.174. The van der Waals surface area contributed by atoms with Gasteiger partial charge in [0.2, 0.25) is 6.79 Å². The second-order valence-electron chi connectivity index (χ2n) is 5.50. The van der Waals surface area contributed by atoms with Gasteiger partial charge in [0, 0.05) is 17.6 Å². The number of halogens is 1. The van der Waals surface area contributed by atoms with E-state index < -0.39 is 0 Å². The summed E-state index contributed by atoms with van der Waals surface area (Å²) in [6, 6.07) is 9.50. The number of benzene rings is 2. The Bertz CT molecular complexity index is 1180. The number of rotatable bonds is 1. The highest BCUT2D eigenvalue weighted by Gasteiger charge is 2.17. The molecule has 1 aliphatic heterocycles. The number of pyridine rings is 1. The van der Waals surface area contributed by atoms with Gasteiger partial charge in [0.1, 0.15) is 5.82 Å². The summed E-state index contributed by atoms with van der Waals surface area (Å²) in [4.78, 5) is 16.9. The maximum atomic E-state index is 13.6. The number of nitrogens with one attached hydrogen (secondary N) is 1. The fourth-order valence-corrected chi connectivity index (χ4v) is 2.94. The van der Waals surface area contributed by atoms with Crippen LogP contribution in [0.1, 0.15) is 0 Å². The molecule has 7 heteroatoms. The molecule has 6 nitrogen and oxygen atoms in total. The van der Waals surface area contributed by atoms with Crippen LogP contribution in [0.5, 0.6) is 11.5 Å². The van der Waals surface area contributed by atoms with E-state index in [1.165, 1.54) is 23.0 Å². The summed E-state index contributed by atoms with van der Waals surface area (Å²) in [6.45, 7) is 0.161. The summed E-state index contributed by atoms with van der Waals surface area (Å²) in [7, 11) is 0. The molecule has 5 rings (SSSR count). The normalized spacial score (nSPS) is 13.0. The summed E-state index contributed by atoms with van der Waals surface area (Å²) in [5.41, 5.74) is 1.50. The molecule has 0 bridgehead atoms. The molecule has 0 radical (unpaired) electrons. The van der Waals surface area contributed by atoms with Gasteiger partial charge in [-0.2, -0.15) is 0 Å². The maximum absolute atomic E-state index is 13.6. The Morgan fingerprint density at radius 1 is 1.08 bits per heavy atom. The van der Waals surface area contributed by atoms with E-state index in [0.717, 1.165) is 0 Å². The van der Waals surface area contributed by atoms with E-state index in [9.17, 15) is 9.18 Å². The SMILES string of the molecule is O=c1c2cnc3ccc(F)cc3c2[nH]n1-c1ccc2c(c1)OCO2. The van der Waals surface area contributed by atoms with Gasteiger partial charge in [-0.15, -0.1) is 0 Å². The Morgan fingerprint density at radius 3 is 2.88 bits per heavy atom. The number of hydrogen-bond donors (Lipinski definition) is 1. The molecule has 24 heavy (non-hydrogen) atoms. The van der Waals surface area contributed by atoms with Crippen molar-refractivity contribution in [2.24, 2.45) is 0 Å². The molecule has 2 aromatic carbocycles. The zero-order chi connectivity index (χ0) is 16.3. The molecule has 4 aromatic rings. The molecule has 0 fully saturated rings. The molecule has 0 amide bonds. The van der Waals surface area contributed by atoms with Gasteiger partial charge in [0.15, 0.2) is 11.5 Å². The van der Waals surface area contributed by atoms with Crippen molar-refractivity contribution < 1.29 is 13.9 Å². The van der Waals surface area contributed by atoms with Gasteiger partial charge in [-0.05, 0) is 30.3 Å². The number of aromatic nitrogens is 3. The van der Waals surface area contributed by atoms with Gasteiger partial charge in [-0.3, -0.25) is 14.9 Å². The van der Waals surface area contributed by atoms with E-state index in [1.54, 1.807) is 24.3 Å². The van der Waals surface area contributed by atoms with Crippen molar-refractivity contribution in [2.75, 3.05) is 6.79 Å². The van der Waals surface area contributed by atoms with Crippen molar-refractivity contribution in [1.82, 2.24) is 14.8 Å². The van der Waals surface area contributed by atoms with Crippen molar-refractivity contribution in [3.8, 4) is 17.2 Å². The number of hydrogen-bond acceptors (Lipinski definition) is 4. The lowest BCUT2D eigenvalue weighted by Crippen LogP contribution is -2.14. The molecule has 118 valence electrons. The summed E-state index contributed by atoms with van der Waals surface area (Å²) in [5.74, 6) is 0.831. The number of fused-ring (bicyclic) bond motifs is 4. The van der Waals surface area contributed by atoms with E-state index in [-0.39, 0.29) is 18.2 Å². The van der Waals surface area contributed by atoms with Gasteiger partial charge in [-0.25, -0.2) is 9.07 Å². The van der Waals surface area contributed by atoms with Gasteiger partial charge in [0.05, 0.1) is 22.1 Å². The van der Waals surface area contributed by atoms with Crippen LogP contribution in [0, 0.1) is 5.82 Å². The Hall–Kier alpha value is -3.35. The van der Waals surface area contributed by atoms with Crippen LogP contribution in [-0.4, -0.2) is 21.6 Å². The predicted octanol–water partition coefficient (Wildman–Crippen LogP) is 2.73. The van der Waals surface area contributed by atoms with Crippen LogP contribution in [0.25, 0.3) is 27.5 Å². The first-order chi connectivity index (χ1) is 11.7. The lowest BCUT2D eigenvalue weighted by Gasteiger charge is -2.03. The van der Waals surface area contributed by atoms with Crippen LogP contribution in [0.4, 0.5) is 4.39 Å². The fourth-order valence-electron chi connectivity index (χ4n) is 2.94. The smallest absolute Gasteiger partial charge is 0.280 e. The topological polar surface area (TPSA) is 69.1 Å². The van der Waals surface area contributed by atoms with Crippen molar-refractivity contribution in [3.63, 3.8) is 0 Å². The first-order valence-electron chi connectivity index (χ1n) is 7.30. The molecule has 0 unspecified atom stereocenters. The van der Waals surface area contributed by atoms with Crippen LogP contribution >= 0.6 is 0 Å². The van der Waals surface area contributed by atoms with Crippen LogP contribution in [-0.2, 0) is 0 Å². The summed E-state index contributed by atoms with van der Waals surface area (Å²) < 4.78 is 25.6. The molecule has 2 aromatic heterocycles. The van der Waals surface area contributed by atoms with E-state index in [0.29, 0.717) is 39.0 Å². The highest BCUT2D eigenvalue weighted by Crippen LogP contribution is 2.33. The highest BCUT2D eigenvalue weighted by atomic mass is 19.1. The second kappa shape index (κ2) is 4.58. The molecule has 1 aliphatic rings. The van der Waals surface area contributed by atoms with Crippen molar-refractivity contribution in [1.29, 1.82) is 0 Å². The van der Waals surface area contributed by atoms with E-state index in [4.69, 9.17) is 9.47 Å². The average Bonchev–Trinajstić information content (AvgIpc) is 3.19. The average molecular weight is 323 g/mol. The van der Waals surface area contributed by atoms with Crippen LogP contribution in [0.15, 0.2) is 47.4 Å². The molecular formula is C17H10FN3O3. The molecule has 0 aliphatic carbocycles. The van der Waals surface area contributed by atoms with Gasteiger partial charge >= 0.3 is 0 Å². The largest absolute Gasteiger partial charge is 0.454 e. The molecular weight excluding hydrogens is 313 g/mol. The second-order valence-corrected chi connectivity index (χ2v) is 5.50. The summed E-state index contributed by atoms with van der Waals surface area (Å²) in [5, 5.41) is 4.00. The van der Waals surface area contributed by atoms with E-state index >= 15 is 0 Å².